The second-order valence-corrected chi connectivity index (χ2v) is 6.06. The lowest BCUT2D eigenvalue weighted by Crippen LogP contribution is -2.47. The predicted octanol–water partition coefficient (Wildman–Crippen LogP) is 0.822. The molecular weight excluding hydrogens is 300 g/mol. The van der Waals surface area contributed by atoms with Crippen molar-refractivity contribution in [1.29, 1.82) is 0 Å². The molecule has 1 heterocycles. The molecule has 0 saturated carbocycles. The summed E-state index contributed by atoms with van der Waals surface area (Å²) in [5.41, 5.74) is 4.93. The predicted molar refractivity (Wildman–Crippen MR) is 80.9 cm³/mol. The molecule has 1 unspecified atom stereocenters. The summed E-state index contributed by atoms with van der Waals surface area (Å²) in [6, 6.07) is 4.76. The first-order chi connectivity index (χ1) is 10.6. The van der Waals surface area contributed by atoms with Crippen LogP contribution < -0.4 is 5.73 Å². The first-order valence-corrected chi connectivity index (χ1v) is 7.16. The zero-order chi connectivity index (χ0) is 17.4. The number of hydrogen-bond donors (Lipinski definition) is 2. The monoisotopic (exact) mass is 318 g/mol. The topological polar surface area (TPSA) is 118 Å². The number of carboxylic acids is 1. The van der Waals surface area contributed by atoms with E-state index in [0.29, 0.717) is 4.90 Å². The highest BCUT2D eigenvalue weighted by molar-refractivity contribution is 6.22. The zero-order valence-electron chi connectivity index (χ0n) is 12.9. The van der Waals surface area contributed by atoms with E-state index < -0.39 is 29.4 Å². The summed E-state index contributed by atoms with van der Waals surface area (Å²) < 4.78 is 0. The van der Waals surface area contributed by atoms with Gasteiger partial charge in [0.15, 0.2) is 5.78 Å². The van der Waals surface area contributed by atoms with Gasteiger partial charge in [0.2, 0.25) is 0 Å². The van der Waals surface area contributed by atoms with E-state index in [1.54, 1.807) is 12.1 Å². The number of ketones is 1. The fraction of sp³-hybridized carbons (Fsp3) is 0.375. The fourth-order valence-corrected chi connectivity index (χ4v) is 2.44. The molecule has 1 atom stereocenters. The number of carbonyl (C=O) groups excluding carboxylic acids is 3. The van der Waals surface area contributed by atoms with Gasteiger partial charge < -0.3 is 10.8 Å². The minimum atomic E-state index is -1.39. The highest BCUT2D eigenvalue weighted by Gasteiger charge is 2.43. The molecule has 1 aliphatic heterocycles. The number of carboxylic acid groups (broad SMARTS) is 1. The molecule has 0 spiro atoms. The second-order valence-electron chi connectivity index (χ2n) is 6.06. The van der Waals surface area contributed by atoms with Gasteiger partial charge in [-0.3, -0.25) is 19.3 Å². The van der Waals surface area contributed by atoms with E-state index in [1.165, 1.54) is 26.0 Å². The molecular formula is C16H18N2O5. The van der Waals surface area contributed by atoms with Crippen LogP contribution in [0.15, 0.2) is 24.3 Å². The number of amides is 2. The lowest BCUT2D eigenvalue weighted by atomic mass is 9.95. The number of Topliss-reactive ketones (excluding diaryl/α,β-unsaturated/α-hetero) is 1. The molecule has 0 aliphatic carbocycles. The van der Waals surface area contributed by atoms with Crippen molar-refractivity contribution >= 4 is 23.6 Å². The first-order valence-electron chi connectivity index (χ1n) is 7.16. The summed E-state index contributed by atoms with van der Waals surface area (Å²) in [5.74, 6) is -2.97. The van der Waals surface area contributed by atoms with Crippen LogP contribution in [0.2, 0.25) is 0 Å². The van der Waals surface area contributed by atoms with Gasteiger partial charge in [0.1, 0.15) is 6.04 Å². The Kier molecular flexibility index (Phi) is 4.33. The lowest BCUT2D eigenvalue weighted by molar-refractivity contribution is -0.142. The number of rotatable bonds is 6. The van der Waals surface area contributed by atoms with E-state index in [2.05, 4.69) is 0 Å². The van der Waals surface area contributed by atoms with Crippen molar-refractivity contribution in [2.75, 3.05) is 0 Å². The Bertz CT molecular complexity index is 655. The number of hydrogen-bond acceptors (Lipinski definition) is 5. The summed E-state index contributed by atoms with van der Waals surface area (Å²) in [6.07, 6.45) is -0.297. The number of fused-ring (bicyclic) bond motifs is 1. The van der Waals surface area contributed by atoms with Gasteiger partial charge >= 0.3 is 5.97 Å². The van der Waals surface area contributed by atoms with Crippen LogP contribution in [0.5, 0.6) is 0 Å². The Morgan fingerprint density at radius 2 is 1.65 bits per heavy atom. The van der Waals surface area contributed by atoms with Gasteiger partial charge in [-0.15, -0.1) is 0 Å². The zero-order valence-corrected chi connectivity index (χ0v) is 12.9. The van der Waals surface area contributed by atoms with Gasteiger partial charge in [-0.25, -0.2) is 4.79 Å². The number of carbonyl (C=O) groups is 4. The highest BCUT2D eigenvalue weighted by atomic mass is 16.4. The van der Waals surface area contributed by atoms with Gasteiger partial charge in [-0.1, -0.05) is 12.1 Å². The molecule has 1 aromatic rings. The largest absolute Gasteiger partial charge is 0.480 e. The molecule has 0 fully saturated rings. The smallest absolute Gasteiger partial charge is 0.326 e. The first kappa shape index (κ1) is 16.8. The Labute approximate surface area is 133 Å². The quantitative estimate of drug-likeness (QED) is 0.750. The van der Waals surface area contributed by atoms with Crippen molar-refractivity contribution in [2.24, 2.45) is 5.73 Å². The molecule has 7 nitrogen and oxygen atoms in total. The molecule has 2 rings (SSSR count). The molecule has 2 amide bonds. The van der Waals surface area contributed by atoms with Crippen molar-refractivity contribution < 1.29 is 24.3 Å². The average molecular weight is 318 g/mol. The van der Waals surface area contributed by atoms with Crippen LogP contribution in [-0.4, -0.2) is 45.2 Å². The van der Waals surface area contributed by atoms with Crippen LogP contribution in [0.25, 0.3) is 0 Å². The molecule has 0 radical (unpaired) electrons. The summed E-state index contributed by atoms with van der Waals surface area (Å²) >= 11 is 0. The summed E-state index contributed by atoms with van der Waals surface area (Å²) in [4.78, 5) is 48.7. The maximum Gasteiger partial charge on any atom is 0.326 e. The summed E-state index contributed by atoms with van der Waals surface area (Å²) in [6.45, 7) is 3.04. The van der Waals surface area contributed by atoms with Crippen molar-refractivity contribution in [3.8, 4) is 0 Å². The van der Waals surface area contributed by atoms with Gasteiger partial charge in [0.05, 0.1) is 16.7 Å². The molecule has 122 valence electrons. The Morgan fingerprint density at radius 1 is 1.17 bits per heavy atom. The molecule has 0 bridgehead atoms. The Balaban J connectivity index is 2.23. The molecule has 0 aromatic heterocycles. The minimum Gasteiger partial charge on any atom is -0.480 e. The van der Waals surface area contributed by atoms with Crippen molar-refractivity contribution in [2.45, 2.75) is 38.3 Å². The molecule has 3 N–H and O–H groups in total. The number of benzene rings is 1. The van der Waals surface area contributed by atoms with Gasteiger partial charge in [0.25, 0.3) is 11.8 Å². The van der Waals surface area contributed by atoms with Gasteiger partial charge in [-0.2, -0.15) is 0 Å². The van der Waals surface area contributed by atoms with E-state index in [9.17, 15) is 24.3 Å². The van der Waals surface area contributed by atoms with E-state index in [1.807, 2.05) is 0 Å². The maximum atomic E-state index is 12.3. The highest BCUT2D eigenvalue weighted by Crippen LogP contribution is 2.26. The molecule has 23 heavy (non-hydrogen) atoms. The van der Waals surface area contributed by atoms with Crippen LogP contribution >= 0.6 is 0 Å². The minimum absolute atomic E-state index is 0.131. The fourth-order valence-electron chi connectivity index (χ4n) is 2.44. The van der Waals surface area contributed by atoms with E-state index >= 15 is 0 Å². The number of nitrogens with zero attached hydrogens (tertiary/aromatic N) is 1. The van der Waals surface area contributed by atoms with Gasteiger partial charge in [0, 0.05) is 6.42 Å². The molecule has 1 aliphatic rings. The number of aliphatic carboxylic acids is 1. The third-order valence-electron chi connectivity index (χ3n) is 3.79. The average Bonchev–Trinajstić information content (AvgIpc) is 2.71. The SMILES string of the molecule is CC(C)(N)C(=O)CCC(C(=O)O)N1C(=O)c2ccccc2C1=O. The van der Waals surface area contributed by atoms with Crippen LogP contribution in [0.3, 0.4) is 0 Å². The molecule has 1 aromatic carbocycles. The number of nitrogens with two attached hydrogens (primary N) is 1. The molecule has 0 saturated heterocycles. The lowest BCUT2D eigenvalue weighted by Gasteiger charge is -2.24. The third kappa shape index (κ3) is 3.14. The van der Waals surface area contributed by atoms with E-state index in [-0.39, 0.29) is 29.8 Å². The standard InChI is InChI=1S/C16H18N2O5/c1-16(2,17)12(19)8-7-11(15(22)23)18-13(20)9-5-3-4-6-10(9)14(18)21/h3-6,11H,7-8,17H2,1-2H3,(H,22,23). The summed E-state index contributed by atoms with van der Waals surface area (Å²) in [5, 5.41) is 9.38. The van der Waals surface area contributed by atoms with E-state index in [0.717, 1.165) is 0 Å². The van der Waals surface area contributed by atoms with Crippen LogP contribution in [-0.2, 0) is 9.59 Å². The molecule has 7 heteroatoms. The normalized spacial score (nSPS) is 15.5. The second kappa shape index (κ2) is 5.92. The third-order valence-corrected chi connectivity index (χ3v) is 3.79. The van der Waals surface area contributed by atoms with Crippen molar-refractivity contribution in [1.82, 2.24) is 4.90 Å². The number of imide groups is 1. The van der Waals surface area contributed by atoms with Crippen LogP contribution in [0.1, 0.15) is 47.4 Å². The summed E-state index contributed by atoms with van der Waals surface area (Å²) in [7, 11) is 0. The van der Waals surface area contributed by atoms with Crippen molar-refractivity contribution in [3.63, 3.8) is 0 Å². The Hall–Kier alpha value is -2.54. The van der Waals surface area contributed by atoms with Crippen LogP contribution in [0.4, 0.5) is 0 Å². The Morgan fingerprint density at radius 3 is 2.04 bits per heavy atom. The van der Waals surface area contributed by atoms with Crippen LogP contribution in [0, 0.1) is 0 Å². The van der Waals surface area contributed by atoms with E-state index in [4.69, 9.17) is 5.73 Å². The van der Waals surface area contributed by atoms with Gasteiger partial charge in [-0.05, 0) is 32.4 Å². The maximum absolute atomic E-state index is 12.3. The van der Waals surface area contributed by atoms with Crippen molar-refractivity contribution in [3.05, 3.63) is 35.4 Å².